The second kappa shape index (κ2) is 7.63. The van der Waals surface area contributed by atoms with Crippen LogP contribution in [0.15, 0.2) is 36.7 Å². The summed E-state index contributed by atoms with van der Waals surface area (Å²) in [7, 11) is 0. The maximum Gasteiger partial charge on any atom is 0.0737 e. The molecule has 1 fully saturated rings. The molecule has 118 valence electrons. The molecule has 0 spiro atoms. The van der Waals surface area contributed by atoms with Crippen molar-refractivity contribution in [3.05, 3.63) is 52.3 Å². The third kappa shape index (κ3) is 3.70. The lowest BCUT2D eigenvalue weighted by atomic mass is 9.84. The molecule has 1 aliphatic carbocycles. The number of terminal acetylenes is 1. The summed E-state index contributed by atoms with van der Waals surface area (Å²) in [6.45, 7) is 0. The van der Waals surface area contributed by atoms with Gasteiger partial charge in [0.05, 0.1) is 9.06 Å². The van der Waals surface area contributed by atoms with E-state index in [0.29, 0.717) is 5.92 Å². The molecule has 0 radical (unpaired) electrons. The first-order valence-electron chi connectivity index (χ1n) is 8.10. The zero-order valence-electron chi connectivity index (χ0n) is 13.1. The maximum absolute atomic E-state index is 5.87. The fraction of sp³-hybridized carbons (Fsp3) is 0.350. The van der Waals surface area contributed by atoms with E-state index in [9.17, 15) is 0 Å². The van der Waals surface area contributed by atoms with Gasteiger partial charge in [-0.05, 0) is 42.0 Å². The van der Waals surface area contributed by atoms with E-state index in [-0.39, 0.29) is 0 Å². The summed E-state index contributed by atoms with van der Waals surface area (Å²) in [6.07, 6.45) is 16.5. The first-order chi connectivity index (χ1) is 11.2. The van der Waals surface area contributed by atoms with Gasteiger partial charge in [-0.3, -0.25) is 0 Å². The fourth-order valence-electron chi connectivity index (χ4n) is 3.41. The molecule has 1 aliphatic rings. The molecule has 3 rings (SSSR count). The molecule has 0 bridgehead atoms. The highest BCUT2D eigenvalue weighted by Gasteiger charge is 2.19. The van der Waals surface area contributed by atoms with Crippen LogP contribution in [0.25, 0.3) is 11.1 Å². The Morgan fingerprint density at radius 3 is 2.70 bits per heavy atom. The fourth-order valence-corrected chi connectivity index (χ4v) is 4.19. The van der Waals surface area contributed by atoms with Crippen molar-refractivity contribution in [3.8, 4) is 23.5 Å². The van der Waals surface area contributed by atoms with Crippen LogP contribution in [0.1, 0.15) is 49.1 Å². The predicted octanol–water partition coefficient (Wildman–Crippen LogP) is 6.31. The molecule has 0 N–H and O–H groups in total. The van der Waals surface area contributed by atoms with Gasteiger partial charge < -0.3 is 4.57 Å². The Morgan fingerprint density at radius 2 is 2.00 bits per heavy atom. The molecule has 1 saturated carbocycles. The van der Waals surface area contributed by atoms with E-state index in [1.807, 2.05) is 12.1 Å². The van der Waals surface area contributed by atoms with Crippen molar-refractivity contribution in [2.45, 2.75) is 42.6 Å². The summed E-state index contributed by atoms with van der Waals surface area (Å²) < 4.78 is 4.18. The Kier molecular flexibility index (Phi) is 5.55. The summed E-state index contributed by atoms with van der Waals surface area (Å²) >= 11 is 8.27. The molecule has 1 aromatic heterocycles. The van der Waals surface area contributed by atoms with E-state index in [0.717, 1.165) is 25.8 Å². The van der Waals surface area contributed by atoms with E-state index in [1.54, 1.807) is 0 Å². The van der Waals surface area contributed by atoms with Crippen molar-refractivity contribution >= 4 is 34.8 Å². The van der Waals surface area contributed by atoms with E-state index in [1.165, 1.54) is 37.7 Å². The SMILES string of the molecule is C#Cc1cccc(-c2cn(CI)cc(C3CCCCC3)c2=S)c1. The summed E-state index contributed by atoms with van der Waals surface area (Å²) in [6, 6.07) is 8.15. The smallest absolute Gasteiger partial charge is 0.0737 e. The number of halogens is 1. The van der Waals surface area contributed by atoms with Crippen LogP contribution < -0.4 is 0 Å². The van der Waals surface area contributed by atoms with Crippen LogP contribution in [0, 0.1) is 16.9 Å². The number of alkyl halides is 1. The average molecular weight is 433 g/mol. The van der Waals surface area contributed by atoms with Crippen LogP contribution in [-0.4, -0.2) is 4.57 Å². The van der Waals surface area contributed by atoms with Gasteiger partial charge >= 0.3 is 0 Å². The predicted molar refractivity (Wildman–Crippen MR) is 108 cm³/mol. The highest BCUT2D eigenvalue weighted by atomic mass is 127. The largest absolute Gasteiger partial charge is 0.344 e. The van der Waals surface area contributed by atoms with Crippen LogP contribution in [0.2, 0.25) is 0 Å². The van der Waals surface area contributed by atoms with Crippen molar-refractivity contribution < 1.29 is 0 Å². The molecular formula is C20H20INS. The van der Waals surface area contributed by atoms with Crippen LogP contribution >= 0.6 is 34.8 Å². The van der Waals surface area contributed by atoms with Crippen molar-refractivity contribution in [1.82, 2.24) is 4.57 Å². The lowest BCUT2D eigenvalue weighted by Gasteiger charge is -2.24. The third-order valence-corrected chi connectivity index (χ3v) is 5.87. The zero-order valence-corrected chi connectivity index (χ0v) is 16.1. The number of benzene rings is 1. The van der Waals surface area contributed by atoms with Gasteiger partial charge in [0.15, 0.2) is 0 Å². The van der Waals surface area contributed by atoms with Gasteiger partial charge in [0.25, 0.3) is 0 Å². The Morgan fingerprint density at radius 1 is 1.22 bits per heavy atom. The molecule has 1 nitrogen and oxygen atoms in total. The molecule has 0 aliphatic heterocycles. The molecule has 0 atom stereocenters. The highest BCUT2D eigenvalue weighted by Crippen LogP contribution is 2.36. The highest BCUT2D eigenvalue weighted by molar-refractivity contribution is 14.1. The van der Waals surface area contributed by atoms with E-state index >= 15 is 0 Å². The lowest BCUT2D eigenvalue weighted by molar-refractivity contribution is 0.441. The summed E-state index contributed by atoms with van der Waals surface area (Å²) in [5.41, 5.74) is 4.51. The van der Waals surface area contributed by atoms with Crippen LogP contribution in [0.4, 0.5) is 0 Å². The summed E-state index contributed by atoms with van der Waals surface area (Å²) in [4.78, 5) is 0. The molecule has 1 heterocycles. The first kappa shape index (κ1) is 16.7. The molecule has 3 heteroatoms. The van der Waals surface area contributed by atoms with E-state index in [4.69, 9.17) is 18.6 Å². The van der Waals surface area contributed by atoms with Crippen molar-refractivity contribution in [2.24, 2.45) is 0 Å². The standard InChI is InChI=1S/C20H20INS/c1-2-15-7-6-10-17(11-15)19-13-22(14-21)12-18(20(19)23)16-8-4-3-5-9-16/h1,6-7,10-13,16H,3-5,8-9,14H2. The third-order valence-electron chi connectivity index (χ3n) is 4.63. The lowest BCUT2D eigenvalue weighted by Crippen LogP contribution is -2.08. The zero-order chi connectivity index (χ0) is 16.2. The second-order valence-electron chi connectivity index (χ2n) is 6.15. The average Bonchev–Trinajstić information content (AvgIpc) is 2.62. The number of nitrogens with zero attached hydrogens (tertiary/aromatic N) is 1. The minimum absolute atomic E-state index is 0.612. The topological polar surface area (TPSA) is 4.93 Å². The Labute approximate surface area is 157 Å². The molecule has 1 aromatic carbocycles. The molecule has 2 aromatic rings. The Bertz CT molecular complexity index is 794. The molecule has 0 amide bonds. The maximum atomic E-state index is 5.87. The summed E-state index contributed by atoms with van der Waals surface area (Å²) in [5, 5.41) is 0. The van der Waals surface area contributed by atoms with Crippen molar-refractivity contribution in [1.29, 1.82) is 0 Å². The van der Waals surface area contributed by atoms with Gasteiger partial charge in [-0.1, -0.05) is 72.1 Å². The number of rotatable bonds is 3. The van der Waals surface area contributed by atoms with Crippen LogP contribution in [0.5, 0.6) is 0 Å². The molecular weight excluding hydrogens is 413 g/mol. The number of hydrogen-bond acceptors (Lipinski definition) is 1. The van der Waals surface area contributed by atoms with Gasteiger partial charge in [0.2, 0.25) is 0 Å². The first-order valence-corrected chi connectivity index (χ1v) is 10.0. The van der Waals surface area contributed by atoms with Gasteiger partial charge in [-0.15, -0.1) is 6.42 Å². The Hall–Kier alpha value is -1.12. The van der Waals surface area contributed by atoms with Gasteiger partial charge in [-0.25, -0.2) is 0 Å². The van der Waals surface area contributed by atoms with Crippen LogP contribution in [0.3, 0.4) is 0 Å². The molecule has 0 saturated heterocycles. The minimum Gasteiger partial charge on any atom is -0.344 e. The van der Waals surface area contributed by atoms with Crippen LogP contribution in [-0.2, 0) is 4.55 Å². The summed E-state index contributed by atoms with van der Waals surface area (Å²) in [5.74, 6) is 3.33. The van der Waals surface area contributed by atoms with Gasteiger partial charge in [0.1, 0.15) is 0 Å². The van der Waals surface area contributed by atoms with Gasteiger partial charge in [-0.2, -0.15) is 0 Å². The molecule has 0 unspecified atom stereocenters. The quantitative estimate of drug-likeness (QED) is 0.238. The number of pyridine rings is 1. The van der Waals surface area contributed by atoms with Crippen molar-refractivity contribution in [3.63, 3.8) is 0 Å². The van der Waals surface area contributed by atoms with E-state index < -0.39 is 0 Å². The second-order valence-corrected chi connectivity index (χ2v) is 7.24. The number of hydrogen-bond donors (Lipinski definition) is 0. The van der Waals surface area contributed by atoms with Gasteiger partial charge in [0, 0.05) is 23.5 Å². The van der Waals surface area contributed by atoms with Crippen molar-refractivity contribution in [2.75, 3.05) is 0 Å². The number of aromatic nitrogens is 1. The minimum atomic E-state index is 0.612. The van der Waals surface area contributed by atoms with E-state index in [2.05, 4.69) is 57.6 Å². The normalized spacial score (nSPS) is 15.3. The molecule has 23 heavy (non-hydrogen) atoms. The monoisotopic (exact) mass is 433 g/mol. The Balaban J connectivity index is 2.12.